The largest absolute Gasteiger partial charge is 0.497 e. The van der Waals surface area contributed by atoms with Gasteiger partial charge in [-0.3, -0.25) is 4.79 Å². The second kappa shape index (κ2) is 7.70. The summed E-state index contributed by atoms with van der Waals surface area (Å²) in [6, 6.07) is 6.81. The van der Waals surface area contributed by atoms with Crippen LogP contribution < -0.4 is 9.47 Å². The van der Waals surface area contributed by atoms with Crippen molar-refractivity contribution in [2.45, 2.75) is 25.7 Å². The zero-order chi connectivity index (χ0) is 17.8. The Balaban J connectivity index is 1.66. The molecule has 0 saturated carbocycles. The van der Waals surface area contributed by atoms with Crippen LogP contribution in [0.25, 0.3) is 0 Å². The van der Waals surface area contributed by atoms with Gasteiger partial charge in [0.2, 0.25) is 5.78 Å². The molecule has 6 heteroatoms. The molecule has 0 radical (unpaired) electrons. The van der Waals surface area contributed by atoms with E-state index in [1.165, 1.54) is 28.9 Å². The van der Waals surface area contributed by atoms with E-state index in [0.29, 0.717) is 21.9 Å². The van der Waals surface area contributed by atoms with Crippen LogP contribution in [-0.4, -0.2) is 32.6 Å². The van der Waals surface area contributed by atoms with Crippen molar-refractivity contribution in [3.05, 3.63) is 45.1 Å². The number of ether oxygens (including phenoxy) is 3. The average molecular weight is 360 g/mol. The Morgan fingerprint density at radius 1 is 1.08 bits per heavy atom. The number of carbonyl (C=O) groups excluding carboxylic acids is 2. The van der Waals surface area contributed by atoms with Crippen molar-refractivity contribution in [3.63, 3.8) is 0 Å². The number of benzene rings is 1. The molecular formula is C19H20O5S. The number of Topliss-reactive ketones (excluding diaryl/α,β-unsaturated/α-hetero) is 1. The van der Waals surface area contributed by atoms with Crippen molar-refractivity contribution >= 4 is 23.1 Å². The zero-order valence-electron chi connectivity index (χ0n) is 14.3. The predicted octanol–water partition coefficient (Wildman–Crippen LogP) is 3.68. The maximum atomic E-state index is 12.4. The molecule has 0 bridgehead atoms. The molecule has 3 rings (SSSR count). The first-order valence-corrected chi connectivity index (χ1v) is 8.98. The molecule has 132 valence electrons. The number of esters is 1. The Labute approximate surface area is 150 Å². The first-order chi connectivity index (χ1) is 12.1. The second-order valence-electron chi connectivity index (χ2n) is 5.83. The minimum atomic E-state index is -0.444. The number of hydrogen-bond donors (Lipinski definition) is 0. The molecule has 1 aromatic carbocycles. The molecule has 1 heterocycles. The molecule has 0 saturated heterocycles. The standard InChI is InChI=1S/C19H20O5S/c1-22-13-7-8-14(16(10-13)23-2)15(20)11-24-19(21)18-9-12-5-3-4-6-17(12)25-18/h7-10H,3-6,11H2,1-2H3. The maximum Gasteiger partial charge on any atom is 0.348 e. The normalized spacial score (nSPS) is 13.0. The fraction of sp³-hybridized carbons (Fsp3) is 0.368. The third-order valence-corrected chi connectivity index (χ3v) is 5.46. The van der Waals surface area contributed by atoms with Crippen LogP contribution in [0.4, 0.5) is 0 Å². The molecule has 0 N–H and O–H groups in total. The molecule has 0 amide bonds. The molecule has 0 atom stereocenters. The highest BCUT2D eigenvalue weighted by Crippen LogP contribution is 2.30. The Morgan fingerprint density at radius 3 is 2.60 bits per heavy atom. The van der Waals surface area contributed by atoms with Crippen LogP contribution in [0, 0.1) is 0 Å². The van der Waals surface area contributed by atoms with Gasteiger partial charge in [0.05, 0.1) is 19.8 Å². The van der Waals surface area contributed by atoms with Crippen LogP contribution in [-0.2, 0) is 17.6 Å². The Bertz CT molecular complexity index is 770. The van der Waals surface area contributed by atoms with Crippen molar-refractivity contribution in [1.29, 1.82) is 0 Å². The summed E-state index contributed by atoms with van der Waals surface area (Å²) in [7, 11) is 3.02. The van der Waals surface area contributed by atoms with Crippen molar-refractivity contribution in [3.8, 4) is 11.5 Å². The average Bonchev–Trinajstić information content (AvgIpc) is 3.09. The van der Waals surface area contributed by atoms with Crippen LogP contribution in [0.1, 0.15) is 43.3 Å². The lowest BCUT2D eigenvalue weighted by Gasteiger charge is -2.09. The van der Waals surface area contributed by atoms with Gasteiger partial charge in [0, 0.05) is 10.9 Å². The van der Waals surface area contributed by atoms with Crippen LogP contribution in [0.15, 0.2) is 24.3 Å². The summed E-state index contributed by atoms with van der Waals surface area (Å²) >= 11 is 1.48. The number of thiophene rings is 1. The summed E-state index contributed by atoms with van der Waals surface area (Å²) in [5.41, 5.74) is 1.60. The van der Waals surface area contributed by atoms with E-state index in [2.05, 4.69) is 0 Å². The van der Waals surface area contributed by atoms with E-state index in [1.807, 2.05) is 6.07 Å². The van der Waals surface area contributed by atoms with E-state index in [-0.39, 0.29) is 12.4 Å². The number of aryl methyl sites for hydroxylation is 2. The molecule has 1 aliphatic rings. The second-order valence-corrected chi connectivity index (χ2v) is 6.97. The van der Waals surface area contributed by atoms with Gasteiger partial charge in [-0.05, 0) is 49.4 Å². The van der Waals surface area contributed by atoms with Crippen molar-refractivity contribution in [2.24, 2.45) is 0 Å². The Morgan fingerprint density at radius 2 is 1.88 bits per heavy atom. The van der Waals surface area contributed by atoms with Crippen LogP contribution in [0.3, 0.4) is 0 Å². The van der Waals surface area contributed by atoms with Gasteiger partial charge in [0.1, 0.15) is 16.4 Å². The van der Waals surface area contributed by atoms with Crippen LogP contribution in [0.2, 0.25) is 0 Å². The van der Waals surface area contributed by atoms with Gasteiger partial charge in [-0.2, -0.15) is 0 Å². The molecular weight excluding hydrogens is 340 g/mol. The lowest BCUT2D eigenvalue weighted by atomic mass is 9.99. The van der Waals surface area contributed by atoms with Gasteiger partial charge in [-0.1, -0.05) is 0 Å². The third kappa shape index (κ3) is 3.85. The first kappa shape index (κ1) is 17.5. The van der Waals surface area contributed by atoms with Crippen molar-refractivity contribution in [2.75, 3.05) is 20.8 Å². The monoisotopic (exact) mass is 360 g/mol. The highest BCUT2D eigenvalue weighted by Gasteiger charge is 2.20. The van der Waals surface area contributed by atoms with E-state index in [4.69, 9.17) is 14.2 Å². The molecule has 0 aliphatic heterocycles. The fourth-order valence-corrected chi connectivity index (χ4v) is 4.05. The lowest BCUT2D eigenvalue weighted by molar-refractivity contribution is 0.0478. The summed E-state index contributed by atoms with van der Waals surface area (Å²) in [5.74, 6) is 0.232. The van der Waals surface area contributed by atoms with E-state index in [9.17, 15) is 9.59 Å². The van der Waals surface area contributed by atoms with Crippen molar-refractivity contribution < 1.29 is 23.8 Å². The van der Waals surface area contributed by atoms with Gasteiger partial charge >= 0.3 is 5.97 Å². The Kier molecular flexibility index (Phi) is 5.38. The molecule has 0 spiro atoms. The molecule has 25 heavy (non-hydrogen) atoms. The van der Waals surface area contributed by atoms with Gasteiger partial charge in [-0.25, -0.2) is 4.79 Å². The number of methoxy groups -OCH3 is 2. The quantitative estimate of drug-likeness (QED) is 0.581. The molecule has 2 aromatic rings. The SMILES string of the molecule is COc1ccc(C(=O)COC(=O)c2cc3c(s2)CCCC3)c(OC)c1. The van der Waals surface area contributed by atoms with E-state index in [1.54, 1.807) is 25.3 Å². The topological polar surface area (TPSA) is 61.8 Å². The smallest absolute Gasteiger partial charge is 0.348 e. The first-order valence-electron chi connectivity index (χ1n) is 8.16. The summed E-state index contributed by atoms with van der Waals surface area (Å²) in [6.45, 7) is -0.315. The maximum absolute atomic E-state index is 12.4. The summed E-state index contributed by atoms with van der Waals surface area (Å²) in [5, 5.41) is 0. The number of hydrogen-bond acceptors (Lipinski definition) is 6. The van der Waals surface area contributed by atoms with Crippen molar-refractivity contribution in [1.82, 2.24) is 0 Å². The molecule has 5 nitrogen and oxygen atoms in total. The summed E-state index contributed by atoms with van der Waals surface area (Å²) in [4.78, 5) is 26.4. The molecule has 1 aliphatic carbocycles. The van der Waals surface area contributed by atoms with Crippen LogP contribution >= 0.6 is 11.3 Å². The number of carbonyl (C=O) groups is 2. The molecule has 1 aromatic heterocycles. The highest BCUT2D eigenvalue weighted by molar-refractivity contribution is 7.14. The van der Waals surface area contributed by atoms with Gasteiger partial charge < -0.3 is 14.2 Å². The summed E-state index contributed by atoms with van der Waals surface area (Å²) in [6.07, 6.45) is 4.36. The van der Waals surface area contributed by atoms with Gasteiger partial charge in [0.15, 0.2) is 6.61 Å². The van der Waals surface area contributed by atoms with Gasteiger partial charge in [0.25, 0.3) is 0 Å². The van der Waals surface area contributed by atoms with E-state index >= 15 is 0 Å². The molecule has 0 unspecified atom stereocenters. The molecule has 0 fully saturated rings. The highest BCUT2D eigenvalue weighted by atomic mass is 32.1. The third-order valence-electron chi connectivity index (χ3n) is 4.24. The fourth-order valence-electron chi connectivity index (χ4n) is 2.90. The Hall–Kier alpha value is -2.34. The van der Waals surface area contributed by atoms with E-state index in [0.717, 1.165) is 25.7 Å². The zero-order valence-corrected chi connectivity index (χ0v) is 15.1. The predicted molar refractivity (Wildman–Crippen MR) is 95.1 cm³/mol. The summed E-state index contributed by atoms with van der Waals surface area (Å²) < 4.78 is 15.5. The minimum absolute atomic E-state index is 0.311. The van der Waals surface area contributed by atoms with Gasteiger partial charge in [-0.15, -0.1) is 11.3 Å². The lowest BCUT2D eigenvalue weighted by Crippen LogP contribution is -2.14. The van der Waals surface area contributed by atoms with Crippen LogP contribution in [0.5, 0.6) is 11.5 Å². The number of ketones is 1. The number of rotatable bonds is 6. The van der Waals surface area contributed by atoms with E-state index < -0.39 is 5.97 Å². The number of fused-ring (bicyclic) bond motifs is 1. The minimum Gasteiger partial charge on any atom is -0.497 e.